The van der Waals surface area contributed by atoms with Crippen LogP contribution in [0.1, 0.15) is 5.56 Å². The van der Waals surface area contributed by atoms with Gasteiger partial charge in [-0.1, -0.05) is 39.8 Å². The predicted molar refractivity (Wildman–Crippen MR) is 75.6 cm³/mol. The molecule has 0 saturated carbocycles. The maximum Gasteiger partial charge on any atom is 0.191 e. The van der Waals surface area contributed by atoms with Crippen LogP contribution in [0.5, 0.6) is 0 Å². The van der Waals surface area contributed by atoms with Crippen LogP contribution in [-0.2, 0) is 17.0 Å². The van der Waals surface area contributed by atoms with Gasteiger partial charge in [0.1, 0.15) is 6.33 Å². The van der Waals surface area contributed by atoms with Crippen molar-refractivity contribution in [2.75, 3.05) is 13.7 Å². The molecule has 0 N–H and O–H groups in total. The molecule has 6 heteroatoms. The molecule has 18 heavy (non-hydrogen) atoms. The molecule has 0 aliphatic carbocycles. The highest BCUT2D eigenvalue weighted by Crippen LogP contribution is 2.22. The minimum atomic E-state index is 0.669. The molecule has 0 amide bonds. The van der Waals surface area contributed by atoms with E-state index in [9.17, 15) is 0 Å². The smallest absolute Gasteiger partial charge is 0.191 e. The zero-order valence-electron chi connectivity index (χ0n) is 10.0. The fraction of sp³-hybridized carbons (Fsp3) is 0.333. The lowest BCUT2D eigenvalue weighted by Crippen LogP contribution is -2.04. The summed E-state index contributed by atoms with van der Waals surface area (Å²) < 4.78 is 8.16. The molecule has 1 aromatic heterocycles. The van der Waals surface area contributed by atoms with E-state index in [1.54, 1.807) is 25.2 Å². The molecule has 2 aromatic rings. The number of nitrogens with zero attached hydrogens (tertiary/aromatic N) is 3. The summed E-state index contributed by atoms with van der Waals surface area (Å²) in [7, 11) is 1.69. The largest absolute Gasteiger partial charge is 0.383 e. The first kappa shape index (κ1) is 13.6. The molecule has 0 spiro atoms. The maximum atomic E-state index is 5.06. The molecule has 0 bridgehead atoms. The van der Waals surface area contributed by atoms with Crippen molar-refractivity contribution < 1.29 is 4.74 Å². The van der Waals surface area contributed by atoms with Gasteiger partial charge in [0.25, 0.3) is 0 Å². The highest BCUT2D eigenvalue weighted by molar-refractivity contribution is 9.10. The van der Waals surface area contributed by atoms with E-state index in [1.165, 1.54) is 5.56 Å². The normalized spacial score (nSPS) is 10.8. The topological polar surface area (TPSA) is 39.9 Å². The Morgan fingerprint density at radius 2 is 2.33 bits per heavy atom. The van der Waals surface area contributed by atoms with Gasteiger partial charge in [-0.15, -0.1) is 10.2 Å². The number of methoxy groups -OCH3 is 1. The van der Waals surface area contributed by atoms with Gasteiger partial charge in [0.05, 0.1) is 6.61 Å². The zero-order valence-corrected chi connectivity index (χ0v) is 12.4. The molecule has 1 aromatic carbocycles. The molecule has 1 heterocycles. The molecule has 0 aliphatic rings. The summed E-state index contributed by atoms with van der Waals surface area (Å²) >= 11 is 5.15. The van der Waals surface area contributed by atoms with E-state index in [0.29, 0.717) is 6.61 Å². The fourth-order valence-electron chi connectivity index (χ4n) is 1.47. The molecule has 0 atom stereocenters. The summed E-state index contributed by atoms with van der Waals surface area (Å²) in [5, 5.41) is 8.97. The molecular formula is C12H14BrN3OS. The third kappa shape index (κ3) is 3.83. The first-order valence-electron chi connectivity index (χ1n) is 5.53. The van der Waals surface area contributed by atoms with E-state index in [1.807, 2.05) is 16.7 Å². The Morgan fingerprint density at radius 3 is 3.11 bits per heavy atom. The average Bonchev–Trinajstić information content (AvgIpc) is 2.81. The molecular weight excluding hydrogens is 314 g/mol. The monoisotopic (exact) mass is 327 g/mol. The van der Waals surface area contributed by atoms with Crippen LogP contribution < -0.4 is 0 Å². The second-order valence-corrected chi connectivity index (χ2v) is 5.58. The van der Waals surface area contributed by atoms with Gasteiger partial charge in [0.15, 0.2) is 5.16 Å². The highest BCUT2D eigenvalue weighted by Gasteiger charge is 2.05. The van der Waals surface area contributed by atoms with Gasteiger partial charge < -0.3 is 9.30 Å². The molecule has 96 valence electrons. The number of halogens is 1. The van der Waals surface area contributed by atoms with Crippen molar-refractivity contribution in [2.45, 2.75) is 17.5 Å². The van der Waals surface area contributed by atoms with Gasteiger partial charge in [0.2, 0.25) is 0 Å². The van der Waals surface area contributed by atoms with Crippen LogP contribution in [0.3, 0.4) is 0 Å². The summed E-state index contributed by atoms with van der Waals surface area (Å²) in [6.45, 7) is 1.45. The summed E-state index contributed by atoms with van der Waals surface area (Å²) in [5.74, 6) is 0.880. The second-order valence-electron chi connectivity index (χ2n) is 3.72. The number of rotatable bonds is 6. The van der Waals surface area contributed by atoms with E-state index >= 15 is 0 Å². The Labute approximate surface area is 119 Å². The predicted octanol–water partition coefficient (Wildman–Crippen LogP) is 2.98. The third-order valence-electron chi connectivity index (χ3n) is 2.37. The van der Waals surface area contributed by atoms with Gasteiger partial charge in [0, 0.05) is 23.9 Å². The van der Waals surface area contributed by atoms with Crippen molar-refractivity contribution in [3.63, 3.8) is 0 Å². The lowest BCUT2D eigenvalue weighted by Gasteiger charge is -2.05. The van der Waals surface area contributed by atoms with E-state index in [2.05, 4.69) is 38.3 Å². The molecule has 0 aliphatic heterocycles. The lowest BCUT2D eigenvalue weighted by molar-refractivity contribution is 0.184. The molecule has 2 rings (SSSR count). The Balaban J connectivity index is 1.95. The van der Waals surface area contributed by atoms with Crippen molar-refractivity contribution >= 4 is 27.7 Å². The van der Waals surface area contributed by atoms with Crippen molar-refractivity contribution in [3.05, 3.63) is 40.6 Å². The Bertz CT molecular complexity index is 504. The zero-order chi connectivity index (χ0) is 12.8. The SMILES string of the molecule is COCCn1cnnc1SCc1cccc(Br)c1. The summed E-state index contributed by atoms with van der Waals surface area (Å²) in [5.41, 5.74) is 1.26. The van der Waals surface area contributed by atoms with Gasteiger partial charge in [-0.3, -0.25) is 0 Å². The van der Waals surface area contributed by atoms with Crippen LogP contribution in [0, 0.1) is 0 Å². The van der Waals surface area contributed by atoms with Crippen LogP contribution >= 0.6 is 27.7 Å². The third-order valence-corrected chi connectivity index (χ3v) is 3.92. The van der Waals surface area contributed by atoms with Crippen molar-refractivity contribution in [2.24, 2.45) is 0 Å². The number of hydrogen-bond acceptors (Lipinski definition) is 4. The van der Waals surface area contributed by atoms with Crippen LogP contribution in [0.15, 0.2) is 40.2 Å². The van der Waals surface area contributed by atoms with Crippen LogP contribution in [-0.4, -0.2) is 28.5 Å². The Kier molecular flexibility index (Phi) is 5.22. The number of benzene rings is 1. The molecule has 0 radical (unpaired) electrons. The molecule has 0 fully saturated rings. The summed E-state index contributed by atoms with van der Waals surface area (Å²) in [6, 6.07) is 8.28. The van der Waals surface area contributed by atoms with Gasteiger partial charge >= 0.3 is 0 Å². The summed E-state index contributed by atoms with van der Waals surface area (Å²) in [6.07, 6.45) is 1.74. The number of aromatic nitrogens is 3. The van der Waals surface area contributed by atoms with E-state index < -0.39 is 0 Å². The van der Waals surface area contributed by atoms with Gasteiger partial charge in [-0.05, 0) is 17.7 Å². The minimum absolute atomic E-state index is 0.669. The molecule has 0 unspecified atom stereocenters. The Morgan fingerprint density at radius 1 is 1.44 bits per heavy atom. The van der Waals surface area contributed by atoms with Crippen LogP contribution in [0.25, 0.3) is 0 Å². The van der Waals surface area contributed by atoms with Gasteiger partial charge in [-0.25, -0.2) is 0 Å². The van der Waals surface area contributed by atoms with Crippen LogP contribution in [0.4, 0.5) is 0 Å². The maximum absolute atomic E-state index is 5.06. The number of hydrogen-bond donors (Lipinski definition) is 0. The van der Waals surface area contributed by atoms with E-state index in [0.717, 1.165) is 21.9 Å². The first-order chi connectivity index (χ1) is 8.79. The van der Waals surface area contributed by atoms with Crippen molar-refractivity contribution in [3.8, 4) is 0 Å². The second kappa shape index (κ2) is 6.92. The Hall–Kier alpha value is -0.850. The minimum Gasteiger partial charge on any atom is -0.383 e. The molecule has 0 saturated heterocycles. The number of ether oxygens (including phenoxy) is 1. The average molecular weight is 328 g/mol. The first-order valence-corrected chi connectivity index (χ1v) is 7.31. The lowest BCUT2D eigenvalue weighted by atomic mass is 10.2. The van der Waals surface area contributed by atoms with Gasteiger partial charge in [-0.2, -0.15) is 0 Å². The van der Waals surface area contributed by atoms with Crippen molar-refractivity contribution in [1.82, 2.24) is 14.8 Å². The summed E-state index contributed by atoms with van der Waals surface area (Å²) in [4.78, 5) is 0. The number of thioether (sulfide) groups is 1. The fourth-order valence-corrected chi connectivity index (χ4v) is 2.80. The van der Waals surface area contributed by atoms with E-state index in [-0.39, 0.29) is 0 Å². The van der Waals surface area contributed by atoms with E-state index in [4.69, 9.17) is 4.74 Å². The molecule has 4 nitrogen and oxygen atoms in total. The highest BCUT2D eigenvalue weighted by atomic mass is 79.9. The van der Waals surface area contributed by atoms with Crippen molar-refractivity contribution in [1.29, 1.82) is 0 Å². The standard InChI is InChI=1S/C12H14BrN3OS/c1-17-6-5-16-9-14-15-12(16)18-8-10-3-2-4-11(13)7-10/h2-4,7,9H,5-6,8H2,1H3. The quantitative estimate of drug-likeness (QED) is 0.765. The van der Waals surface area contributed by atoms with Crippen LogP contribution in [0.2, 0.25) is 0 Å².